The molecule has 1 rings (SSSR count). The molecule has 0 bridgehead atoms. The minimum Gasteiger partial charge on any atom is -0.490 e. The van der Waals surface area contributed by atoms with Gasteiger partial charge < -0.3 is 24.1 Å². The smallest absolute Gasteiger partial charge is 0.346 e. The Morgan fingerprint density at radius 3 is 2.37 bits per heavy atom. The molecule has 1 aromatic rings. The van der Waals surface area contributed by atoms with Crippen LogP contribution in [-0.2, 0) is 14.2 Å². The zero-order chi connectivity index (χ0) is 13.9. The Morgan fingerprint density at radius 1 is 1.16 bits per heavy atom. The van der Waals surface area contributed by atoms with Gasteiger partial charge in [-0.2, -0.15) is 0 Å². The fraction of sp³-hybridized carbons (Fsp3) is 0.583. The molecule has 0 unspecified atom stereocenters. The molecular weight excluding hydrogens is 272 g/mol. The van der Waals surface area contributed by atoms with E-state index in [9.17, 15) is 4.79 Å². The first kappa shape index (κ1) is 15.9. The molecular formula is C12H18O6S. The summed E-state index contributed by atoms with van der Waals surface area (Å²) >= 11 is 1.14. The topological polar surface area (TPSA) is 74.2 Å². The van der Waals surface area contributed by atoms with E-state index in [0.717, 1.165) is 11.3 Å². The number of aromatic carboxylic acids is 1. The van der Waals surface area contributed by atoms with Crippen molar-refractivity contribution in [1.29, 1.82) is 0 Å². The van der Waals surface area contributed by atoms with Crippen molar-refractivity contribution in [2.24, 2.45) is 0 Å². The molecule has 7 heteroatoms. The van der Waals surface area contributed by atoms with Gasteiger partial charge in [0.25, 0.3) is 0 Å². The van der Waals surface area contributed by atoms with Gasteiger partial charge in [0.15, 0.2) is 0 Å². The van der Waals surface area contributed by atoms with Crippen LogP contribution in [0.5, 0.6) is 5.75 Å². The minimum absolute atomic E-state index is 0.266. The molecule has 0 atom stereocenters. The maximum Gasteiger partial charge on any atom is 0.346 e. The lowest BCUT2D eigenvalue weighted by atomic mass is 10.4. The molecule has 1 heterocycles. The summed E-state index contributed by atoms with van der Waals surface area (Å²) in [5, 5.41) is 10.4. The molecule has 108 valence electrons. The first-order valence-corrected chi connectivity index (χ1v) is 6.71. The Bertz CT molecular complexity index is 365. The lowest BCUT2D eigenvalue weighted by molar-refractivity contribution is 0.0180. The van der Waals surface area contributed by atoms with Crippen LogP contribution < -0.4 is 4.74 Å². The number of hydrogen-bond acceptors (Lipinski definition) is 6. The van der Waals surface area contributed by atoms with Gasteiger partial charge in [-0.25, -0.2) is 4.79 Å². The van der Waals surface area contributed by atoms with Gasteiger partial charge in [0.1, 0.15) is 17.2 Å². The predicted molar refractivity (Wildman–Crippen MR) is 70.3 cm³/mol. The molecule has 0 saturated heterocycles. The van der Waals surface area contributed by atoms with Crippen molar-refractivity contribution < 1.29 is 28.8 Å². The monoisotopic (exact) mass is 290 g/mol. The van der Waals surface area contributed by atoms with Crippen LogP contribution >= 0.6 is 11.3 Å². The first-order valence-electron chi connectivity index (χ1n) is 5.83. The van der Waals surface area contributed by atoms with Gasteiger partial charge in [-0.05, 0) is 0 Å². The summed E-state index contributed by atoms with van der Waals surface area (Å²) in [4.78, 5) is 10.9. The summed E-state index contributed by atoms with van der Waals surface area (Å²) in [5.41, 5.74) is 0. The van der Waals surface area contributed by atoms with E-state index in [0.29, 0.717) is 45.4 Å². The van der Waals surface area contributed by atoms with Crippen molar-refractivity contribution in [3.8, 4) is 5.75 Å². The molecule has 0 saturated carbocycles. The van der Waals surface area contributed by atoms with Gasteiger partial charge in [0.2, 0.25) is 0 Å². The number of ether oxygens (including phenoxy) is 4. The zero-order valence-corrected chi connectivity index (χ0v) is 11.6. The van der Waals surface area contributed by atoms with Crippen molar-refractivity contribution in [2.45, 2.75) is 0 Å². The van der Waals surface area contributed by atoms with Gasteiger partial charge in [0, 0.05) is 18.6 Å². The Morgan fingerprint density at radius 2 is 1.79 bits per heavy atom. The predicted octanol–water partition coefficient (Wildman–Crippen LogP) is 1.50. The number of thiophene rings is 1. The second-order valence-electron chi connectivity index (χ2n) is 3.52. The number of hydrogen-bond donors (Lipinski definition) is 1. The quantitative estimate of drug-likeness (QED) is 0.623. The average Bonchev–Trinajstić information content (AvgIpc) is 2.86. The van der Waals surface area contributed by atoms with E-state index in [1.54, 1.807) is 12.5 Å². The average molecular weight is 290 g/mol. The molecule has 19 heavy (non-hydrogen) atoms. The number of methoxy groups -OCH3 is 1. The van der Waals surface area contributed by atoms with E-state index >= 15 is 0 Å². The van der Waals surface area contributed by atoms with E-state index in [1.807, 2.05) is 0 Å². The fourth-order valence-electron chi connectivity index (χ4n) is 1.19. The molecule has 0 aliphatic heterocycles. The third-order valence-corrected chi connectivity index (χ3v) is 2.98. The lowest BCUT2D eigenvalue weighted by Crippen LogP contribution is -2.12. The Balaban J connectivity index is 1.97. The Kier molecular flexibility index (Phi) is 8.15. The summed E-state index contributed by atoms with van der Waals surface area (Å²) in [5.74, 6) is -0.383. The maximum atomic E-state index is 10.6. The normalized spacial score (nSPS) is 10.6. The second kappa shape index (κ2) is 9.74. The van der Waals surface area contributed by atoms with Gasteiger partial charge >= 0.3 is 5.97 Å². The lowest BCUT2D eigenvalue weighted by Gasteiger charge is -2.06. The highest BCUT2D eigenvalue weighted by Gasteiger charge is 2.06. The van der Waals surface area contributed by atoms with Gasteiger partial charge in [0.05, 0.1) is 33.0 Å². The molecule has 0 radical (unpaired) electrons. The van der Waals surface area contributed by atoms with Crippen LogP contribution in [0, 0.1) is 0 Å². The van der Waals surface area contributed by atoms with Crippen LogP contribution in [-0.4, -0.2) is 57.8 Å². The summed E-state index contributed by atoms with van der Waals surface area (Å²) in [7, 11) is 1.62. The highest BCUT2D eigenvalue weighted by Crippen LogP contribution is 2.21. The van der Waals surface area contributed by atoms with Gasteiger partial charge in [-0.1, -0.05) is 0 Å². The Hall–Kier alpha value is -1.15. The standard InChI is InChI=1S/C12H18O6S/c1-15-2-3-16-4-5-17-6-7-18-10-8-11(12(13)14)19-9-10/h8-9H,2-7H2,1H3,(H,13,14). The highest BCUT2D eigenvalue weighted by atomic mass is 32.1. The van der Waals surface area contributed by atoms with Crippen LogP contribution in [0.25, 0.3) is 0 Å². The molecule has 1 N–H and O–H groups in total. The second-order valence-corrected chi connectivity index (χ2v) is 4.43. The SMILES string of the molecule is COCCOCCOCCOc1csc(C(=O)O)c1. The van der Waals surface area contributed by atoms with E-state index < -0.39 is 5.97 Å². The summed E-state index contributed by atoms with van der Waals surface area (Å²) in [6.07, 6.45) is 0. The van der Waals surface area contributed by atoms with E-state index in [1.165, 1.54) is 6.07 Å². The molecule has 0 fully saturated rings. The molecule has 0 spiro atoms. The zero-order valence-electron chi connectivity index (χ0n) is 10.8. The van der Waals surface area contributed by atoms with Crippen molar-refractivity contribution >= 4 is 17.3 Å². The molecule has 0 aromatic carbocycles. The van der Waals surface area contributed by atoms with Gasteiger partial charge in [-0.3, -0.25) is 0 Å². The van der Waals surface area contributed by atoms with Gasteiger partial charge in [-0.15, -0.1) is 11.3 Å². The van der Waals surface area contributed by atoms with Crippen LogP contribution in [0.4, 0.5) is 0 Å². The number of carbonyl (C=O) groups is 1. The highest BCUT2D eigenvalue weighted by molar-refractivity contribution is 7.12. The Labute approximate surface area is 115 Å². The van der Waals surface area contributed by atoms with Crippen molar-refractivity contribution in [1.82, 2.24) is 0 Å². The van der Waals surface area contributed by atoms with Crippen LogP contribution in [0.3, 0.4) is 0 Å². The number of carboxylic acid groups (broad SMARTS) is 1. The molecule has 0 aliphatic carbocycles. The van der Waals surface area contributed by atoms with Crippen molar-refractivity contribution in [3.05, 3.63) is 16.3 Å². The maximum absolute atomic E-state index is 10.6. The molecule has 0 amide bonds. The number of carboxylic acids is 1. The van der Waals surface area contributed by atoms with Crippen LogP contribution in [0.15, 0.2) is 11.4 Å². The molecule has 0 aliphatic rings. The first-order chi connectivity index (χ1) is 9.24. The van der Waals surface area contributed by atoms with Crippen molar-refractivity contribution in [2.75, 3.05) is 46.8 Å². The fourth-order valence-corrected chi connectivity index (χ4v) is 1.85. The van der Waals surface area contributed by atoms with Crippen LogP contribution in [0.2, 0.25) is 0 Å². The van der Waals surface area contributed by atoms with E-state index in [2.05, 4.69) is 0 Å². The summed E-state index contributed by atoms with van der Waals surface area (Å²) in [6, 6.07) is 1.50. The third-order valence-electron chi connectivity index (χ3n) is 2.09. The van der Waals surface area contributed by atoms with E-state index in [4.69, 9.17) is 24.1 Å². The summed E-state index contributed by atoms with van der Waals surface area (Å²) in [6.45, 7) is 2.97. The van der Waals surface area contributed by atoms with Crippen molar-refractivity contribution in [3.63, 3.8) is 0 Å². The van der Waals surface area contributed by atoms with Crippen LogP contribution in [0.1, 0.15) is 9.67 Å². The molecule has 6 nitrogen and oxygen atoms in total. The largest absolute Gasteiger partial charge is 0.490 e. The summed E-state index contributed by atoms with van der Waals surface area (Å²) < 4.78 is 20.7. The molecule has 1 aromatic heterocycles. The third kappa shape index (κ3) is 7.12. The minimum atomic E-state index is -0.940. The number of rotatable bonds is 11. The van der Waals surface area contributed by atoms with E-state index in [-0.39, 0.29) is 4.88 Å².